The van der Waals surface area contributed by atoms with E-state index < -0.39 is 0 Å². The smallest absolute Gasteiger partial charge is 0.161 e. The molecule has 0 atom stereocenters. The molecule has 0 saturated carbocycles. The number of methoxy groups -OCH3 is 2. The summed E-state index contributed by atoms with van der Waals surface area (Å²) in [6.07, 6.45) is 0.674. The first-order valence-electron chi connectivity index (χ1n) is 9.11. The van der Waals surface area contributed by atoms with Crippen LogP contribution in [0, 0.1) is 0 Å². The van der Waals surface area contributed by atoms with Crippen molar-refractivity contribution in [2.75, 3.05) is 41.5 Å². The minimum Gasteiger partial charge on any atom is -0.493 e. The van der Waals surface area contributed by atoms with Gasteiger partial charge in [-0.05, 0) is 36.4 Å². The Morgan fingerprint density at radius 2 is 1.10 bits per heavy atom. The second-order valence-corrected chi connectivity index (χ2v) is 6.00. The normalized spacial score (nSPS) is 11.1. The molecule has 2 aromatic carbocycles. The Bertz CT molecular complexity index is 820. The van der Waals surface area contributed by atoms with Crippen molar-refractivity contribution >= 4 is 36.5 Å². The monoisotopic (exact) mass is 472 g/mol. The van der Waals surface area contributed by atoms with E-state index in [1.807, 2.05) is 24.3 Å². The standard InChI is InChI=1S/C21H28N4O4.2ClH/c1-24-20(22)14-6-8-16(18(12-14)26-3)28-10-5-11-29-17-9-7-15(21(23)25-2)13-19(17)27-4;;/h6-9,12-13H,5,10-11H2,1-4H3,(H2,22,24)(H2,23,25);2*1H. The molecule has 0 fully saturated rings. The maximum atomic E-state index is 5.83. The van der Waals surface area contributed by atoms with Gasteiger partial charge in [-0.1, -0.05) is 0 Å². The van der Waals surface area contributed by atoms with E-state index >= 15 is 0 Å². The molecule has 0 unspecified atom stereocenters. The first-order valence-corrected chi connectivity index (χ1v) is 9.11. The molecule has 0 aliphatic rings. The molecule has 0 saturated heterocycles. The molecule has 0 radical (unpaired) electrons. The number of aliphatic imine (C=N–C) groups is 2. The van der Waals surface area contributed by atoms with E-state index in [0.29, 0.717) is 54.3 Å². The molecule has 10 heteroatoms. The molecular weight excluding hydrogens is 443 g/mol. The third-order valence-corrected chi connectivity index (χ3v) is 4.20. The van der Waals surface area contributed by atoms with Crippen LogP contribution in [0.1, 0.15) is 17.5 Å². The van der Waals surface area contributed by atoms with Crippen LogP contribution in [0.3, 0.4) is 0 Å². The van der Waals surface area contributed by atoms with Crippen LogP contribution in [0.4, 0.5) is 0 Å². The summed E-state index contributed by atoms with van der Waals surface area (Å²) in [7, 11) is 6.45. The summed E-state index contributed by atoms with van der Waals surface area (Å²) in [4.78, 5) is 7.94. The molecule has 2 rings (SSSR count). The zero-order valence-electron chi connectivity index (χ0n) is 18.1. The largest absolute Gasteiger partial charge is 0.493 e. The van der Waals surface area contributed by atoms with Gasteiger partial charge in [0.1, 0.15) is 11.7 Å². The topological polar surface area (TPSA) is 114 Å². The van der Waals surface area contributed by atoms with E-state index in [2.05, 4.69) is 9.98 Å². The lowest BCUT2D eigenvalue weighted by atomic mass is 10.2. The van der Waals surface area contributed by atoms with Crippen molar-refractivity contribution < 1.29 is 18.9 Å². The molecule has 0 spiro atoms. The number of rotatable bonds is 10. The number of amidine groups is 2. The Hall–Kier alpha value is -2.84. The van der Waals surface area contributed by atoms with Gasteiger partial charge in [0, 0.05) is 31.6 Å². The minimum absolute atomic E-state index is 0. The molecule has 0 aromatic heterocycles. The zero-order chi connectivity index (χ0) is 21.2. The van der Waals surface area contributed by atoms with Gasteiger partial charge in [-0.15, -0.1) is 24.8 Å². The first-order chi connectivity index (χ1) is 14.0. The summed E-state index contributed by atoms with van der Waals surface area (Å²) in [5.74, 6) is 3.35. The van der Waals surface area contributed by atoms with E-state index in [1.165, 1.54) is 0 Å². The lowest BCUT2D eigenvalue weighted by molar-refractivity contribution is 0.234. The van der Waals surface area contributed by atoms with Crippen LogP contribution in [0.2, 0.25) is 0 Å². The average Bonchev–Trinajstić information content (AvgIpc) is 2.77. The fourth-order valence-electron chi connectivity index (χ4n) is 2.57. The number of ether oxygens (including phenoxy) is 4. The number of nitrogens with two attached hydrogens (primary N) is 2. The summed E-state index contributed by atoms with van der Waals surface area (Å²) in [5, 5.41) is 0. The predicted molar refractivity (Wildman–Crippen MR) is 129 cm³/mol. The Labute approximate surface area is 195 Å². The maximum absolute atomic E-state index is 5.83. The fourth-order valence-corrected chi connectivity index (χ4v) is 2.57. The lowest BCUT2D eigenvalue weighted by Gasteiger charge is -2.14. The highest BCUT2D eigenvalue weighted by atomic mass is 35.5. The molecule has 172 valence electrons. The van der Waals surface area contributed by atoms with Crippen molar-refractivity contribution in [1.29, 1.82) is 0 Å². The second-order valence-electron chi connectivity index (χ2n) is 6.00. The summed E-state index contributed by atoms with van der Waals surface area (Å²) in [5.41, 5.74) is 13.2. The Balaban J connectivity index is 0.00000450. The van der Waals surface area contributed by atoms with Gasteiger partial charge in [0.2, 0.25) is 0 Å². The van der Waals surface area contributed by atoms with Crippen LogP contribution >= 0.6 is 24.8 Å². The Morgan fingerprint density at radius 3 is 1.42 bits per heavy atom. The number of benzene rings is 2. The molecule has 0 aliphatic heterocycles. The van der Waals surface area contributed by atoms with Crippen LogP contribution in [0.15, 0.2) is 46.4 Å². The van der Waals surface area contributed by atoms with Gasteiger partial charge in [0.15, 0.2) is 23.0 Å². The number of hydrogen-bond donors (Lipinski definition) is 2. The van der Waals surface area contributed by atoms with Crippen LogP contribution < -0.4 is 30.4 Å². The number of halogens is 2. The van der Waals surface area contributed by atoms with Crippen molar-refractivity contribution in [3.8, 4) is 23.0 Å². The van der Waals surface area contributed by atoms with Crippen molar-refractivity contribution in [2.24, 2.45) is 21.5 Å². The molecular formula is C21H30Cl2N4O4. The van der Waals surface area contributed by atoms with E-state index in [1.54, 1.807) is 40.4 Å². The average molecular weight is 473 g/mol. The lowest BCUT2D eigenvalue weighted by Crippen LogP contribution is -2.13. The van der Waals surface area contributed by atoms with Crippen LogP contribution in [-0.4, -0.2) is 53.2 Å². The number of nitrogens with zero attached hydrogens (tertiary/aromatic N) is 2. The molecule has 2 aromatic rings. The Morgan fingerprint density at radius 1 is 0.710 bits per heavy atom. The molecule has 0 amide bonds. The molecule has 0 aliphatic carbocycles. The fraction of sp³-hybridized carbons (Fsp3) is 0.333. The summed E-state index contributed by atoms with van der Waals surface area (Å²) in [6, 6.07) is 10.9. The van der Waals surface area contributed by atoms with Gasteiger partial charge in [-0.3, -0.25) is 9.98 Å². The van der Waals surface area contributed by atoms with Gasteiger partial charge in [-0.2, -0.15) is 0 Å². The second kappa shape index (κ2) is 14.2. The van der Waals surface area contributed by atoms with Gasteiger partial charge in [0.05, 0.1) is 27.4 Å². The van der Waals surface area contributed by atoms with Crippen molar-refractivity contribution in [3.05, 3.63) is 47.5 Å². The third-order valence-electron chi connectivity index (χ3n) is 4.20. The summed E-state index contributed by atoms with van der Waals surface area (Å²) >= 11 is 0. The van der Waals surface area contributed by atoms with Gasteiger partial charge in [0.25, 0.3) is 0 Å². The third kappa shape index (κ3) is 7.73. The van der Waals surface area contributed by atoms with Crippen molar-refractivity contribution in [1.82, 2.24) is 0 Å². The Kier molecular flexibility index (Phi) is 12.9. The van der Waals surface area contributed by atoms with Crippen LogP contribution in [0.5, 0.6) is 23.0 Å². The molecule has 8 nitrogen and oxygen atoms in total. The van der Waals surface area contributed by atoms with Crippen molar-refractivity contribution in [2.45, 2.75) is 6.42 Å². The molecule has 0 heterocycles. The van der Waals surface area contributed by atoms with E-state index in [4.69, 9.17) is 30.4 Å². The van der Waals surface area contributed by atoms with Crippen molar-refractivity contribution in [3.63, 3.8) is 0 Å². The molecule has 0 bridgehead atoms. The van der Waals surface area contributed by atoms with E-state index in [9.17, 15) is 0 Å². The highest BCUT2D eigenvalue weighted by molar-refractivity contribution is 5.98. The van der Waals surface area contributed by atoms with Gasteiger partial charge >= 0.3 is 0 Å². The van der Waals surface area contributed by atoms with Crippen LogP contribution in [0.25, 0.3) is 0 Å². The maximum Gasteiger partial charge on any atom is 0.161 e. The molecule has 31 heavy (non-hydrogen) atoms. The van der Waals surface area contributed by atoms with Gasteiger partial charge < -0.3 is 30.4 Å². The first kappa shape index (κ1) is 28.2. The summed E-state index contributed by atoms with van der Waals surface area (Å²) in [6.45, 7) is 0.922. The van der Waals surface area contributed by atoms with E-state index in [0.717, 1.165) is 11.1 Å². The van der Waals surface area contributed by atoms with Crippen LogP contribution in [-0.2, 0) is 0 Å². The quantitative estimate of drug-likeness (QED) is 0.312. The minimum atomic E-state index is 0. The predicted octanol–water partition coefficient (Wildman–Crippen LogP) is 3.07. The highest BCUT2D eigenvalue weighted by Crippen LogP contribution is 2.29. The highest BCUT2D eigenvalue weighted by Gasteiger charge is 2.09. The zero-order valence-corrected chi connectivity index (χ0v) is 19.7. The number of hydrogen-bond acceptors (Lipinski definition) is 6. The summed E-state index contributed by atoms with van der Waals surface area (Å²) < 4.78 is 22.4. The van der Waals surface area contributed by atoms with Gasteiger partial charge in [-0.25, -0.2) is 0 Å². The molecule has 4 N–H and O–H groups in total. The SMILES string of the molecule is CN=C(N)c1ccc(OCCCOc2ccc(C(N)=NC)cc2OC)c(OC)c1.Cl.Cl. The van der Waals surface area contributed by atoms with E-state index in [-0.39, 0.29) is 24.8 Å².